The number of aromatic nitrogens is 4. The molecule has 0 radical (unpaired) electrons. The normalized spacial score (nSPS) is 29.1. The molecule has 2 aromatic heterocycles. The average Bonchev–Trinajstić information content (AvgIpc) is 2.92. The van der Waals surface area contributed by atoms with Gasteiger partial charge >= 0.3 is 0 Å². The number of aliphatic hydroxyl groups excluding tert-OH is 2. The Hall–Kier alpha value is -0.700. The Labute approximate surface area is 128 Å². The SMILES string of the molecule is OC[C@H]1O[C@@H](n2cnc3c(Cl)ncnc32)C(Cl)(Cl)[C@@H]1O. The molecule has 0 bridgehead atoms. The average molecular weight is 340 g/mol. The number of fused-ring (bicyclic) bond motifs is 1. The highest BCUT2D eigenvalue weighted by Gasteiger charge is 2.55. The summed E-state index contributed by atoms with van der Waals surface area (Å²) in [7, 11) is 0. The van der Waals surface area contributed by atoms with Crippen LogP contribution >= 0.6 is 34.8 Å². The van der Waals surface area contributed by atoms with Crippen LogP contribution in [0.4, 0.5) is 0 Å². The molecular formula is C10H9Cl3N4O3. The lowest BCUT2D eigenvalue weighted by Crippen LogP contribution is -2.37. The van der Waals surface area contributed by atoms with Crippen molar-refractivity contribution in [2.24, 2.45) is 0 Å². The Morgan fingerprint density at radius 3 is 2.75 bits per heavy atom. The summed E-state index contributed by atoms with van der Waals surface area (Å²) in [4.78, 5) is 11.9. The number of alkyl halides is 2. The molecule has 7 nitrogen and oxygen atoms in total. The first kappa shape index (κ1) is 14.2. The molecule has 10 heteroatoms. The molecule has 3 rings (SSSR count). The molecule has 1 fully saturated rings. The first-order valence-electron chi connectivity index (χ1n) is 5.62. The second kappa shape index (κ2) is 4.94. The van der Waals surface area contributed by atoms with Crippen LogP contribution in [0.15, 0.2) is 12.7 Å². The molecule has 3 heterocycles. The fourth-order valence-electron chi connectivity index (χ4n) is 2.11. The lowest BCUT2D eigenvalue weighted by molar-refractivity contribution is -0.0434. The lowest BCUT2D eigenvalue weighted by atomic mass is 10.2. The van der Waals surface area contributed by atoms with Gasteiger partial charge in [0, 0.05) is 0 Å². The summed E-state index contributed by atoms with van der Waals surface area (Å²) in [6.07, 6.45) is -0.460. The maximum Gasteiger partial charge on any atom is 0.191 e. The summed E-state index contributed by atoms with van der Waals surface area (Å²) >= 11 is 18.2. The Bertz CT molecular complexity index is 650. The molecule has 0 spiro atoms. The van der Waals surface area contributed by atoms with Gasteiger partial charge in [0.2, 0.25) is 0 Å². The first-order chi connectivity index (χ1) is 9.46. The number of rotatable bonds is 2. The highest BCUT2D eigenvalue weighted by Crippen LogP contribution is 2.47. The van der Waals surface area contributed by atoms with Crippen molar-refractivity contribution in [3.05, 3.63) is 17.8 Å². The van der Waals surface area contributed by atoms with Crippen molar-refractivity contribution in [3.63, 3.8) is 0 Å². The summed E-state index contributed by atoms with van der Waals surface area (Å²) in [5.41, 5.74) is 0.732. The maximum absolute atomic E-state index is 9.97. The number of aliphatic hydroxyl groups is 2. The van der Waals surface area contributed by atoms with Gasteiger partial charge < -0.3 is 14.9 Å². The number of ether oxygens (including phenoxy) is 1. The third-order valence-corrected chi connectivity index (χ3v) is 4.22. The van der Waals surface area contributed by atoms with Gasteiger partial charge in [-0.1, -0.05) is 34.8 Å². The molecule has 3 atom stereocenters. The van der Waals surface area contributed by atoms with E-state index >= 15 is 0 Å². The number of hydrogen-bond donors (Lipinski definition) is 2. The Kier molecular flexibility index (Phi) is 3.52. The molecular weight excluding hydrogens is 330 g/mol. The van der Waals surface area contributed by atoms with E-state index in [4.69, 9.17) is 44.6 Å². The predicted molar refractivity (Wildman–Crippen MR) is 71.8 cm³/mol. The van der Waals surface area contributed by atoms with Crippen LogP contribution in [0.25, 0.3) is 11.2 Å². The molecule has 2 aromatic rings. The standard InChI is InChI=1S/C10H9Cl3N4O3/c11-7-5-8(15-2-14-7)17(3-16-5)9-10(12,13)6(19)4(1-18)20-9/h2-4,6,9,18-19H,1H2/t4-,6-,9-/m1/s1. The van der Waals surface area contributed by atoms with Crippen LogP contribution < -0.4 is 0 Å². The van der Waals surface area contributed by atoms with E-state index in [9.17, 15) is 5.11 Å². The van der Waals surface area contributed by atoms with Gasteiger partial charge in [0.05, 0.1) is 12.9 Å². The minimum Gasteiger partial charge on any atom is -0.394 e. The number of imidazole rings is 1. The molecule has 20 heavy (non-hydrogen) atoms. The van der Waals surface area contributed by atoms with Gasteiger partial charge in [0.1, 0.15) is 24.1 Å². The van der Waals surface area contributed by atoms with Gasteiger partial charge in [0.15, 0.2) is 21.4 Å². The van der Waals surface area contributed by atoms with Crippen molar-refractivity contribution >= 4 is 46.0 Å². The van der Waals surface area contributed by atoms with Crippen LogP contribution in [-0.2, 0) is 4.74 Å². The second-order valence-corrected chi connectivity index (χ2v) is 6.12. The molecule has 0 saturated carbocycles. The quantitative estimate of drug-likeness (QED) is 0.624. The van der Waals surface area contributed by atoms with Crippen molar-refractivity contribution in [3.8, 4) is 0 Å². The van der Waals surface area contributed by atoms with Crippen molar-refractivity contribution in [2.75, 3.05) is 6.61 Å². The van der Waals surface area contributed by atoms with Crippen molar-refractivity contribution < 1.29 is 14.9 Å². The van der Waals surface area contributed by atoms with Crippen molar-refractivity contribution in [1.82, 2.24) is 19.5 Å². The second-order valence-electron chi connectivity index (χ2n) is 4.32. The molecule has 0 amide bonds. The monoisotopic (exact) mass is 338 g/mol. The van der Waals surface area contributed by atoms with E-state index in [2.05, 4.69) is 15.0 Å². The van der Waals surface area contributed by atoms with E-state index in [0.717, 1.165) is 0 Å². The number of halogens is 3. The minimum absolute atomic E-state index is 0.181. The summed E-state index contributed by atoms with van der Waals surface area (Å²) in [5, 5.41) is 19.3. The van der Waals surface area contributed by atoms with Crippen LogP contribution in [0.2, 0.25) is 5.15 Å². The number of nitrogens with zero attached hydrogens (tertiary/aromatic N) is 4. The van der Waals surface area contributed by atoms with E-state index in [1.807, 2.05) is 0 Å². The molecule has 108 valence electrons. The summed E-state index contributed by atoms with van der Waals surface area (Å²) in [6, 6.07) is 0. The highest BCUT2D eigenvalue weighted by atomic mass is 35.5. The number of hydrogen-bond acceptors (Lipinski definition) is 6. The zero-order valence-electron chi connectivity index (χ0n) is 9.82. The van der Waals surface area contributed by atoms with Crippen LogP contribution in [0.1, 0.15) is 6.23 Å². The molecule has 1 aliphatic heterocycles. The third kappa shape index (κ3) is 1.97. The highest BCUT2D eigenvalue weighted by molar-refractivity contribution is 6.49. The van der Waals surface area contributed by atoms with Gasteiger partial charge in [-0.15, -0.1) is 0 Å². The van der Waals surface area contributed by atoms with Gasteiger partial charge in [-0.2, -0.15) is 0 Å². The molecule has 0 unspecified atom stereocenters. The summed E-state index contributed by atoms with van der Waals surface area (Å²) in [5.74, 6) is 0. The fraction of sp³-hybridized carbons (Fsp3) is 0.500. The predicted octanol–water partition coefficient (Wildman–Crippen LogP) is 0.904. The van der Waals surface area contributed by atoms with E-state index in [0.29, 0.717) is 11.2 Å². The summed E-state index contributed by atoms with van der Waals surface area (Å²) < 4.78 is 5.28. The zero-order chi connectivity index (χ0) is 14.5. The van der Waals surface area contributed by atoms with Crippen LogP contribution in [0, 0.1) is 0 Å². The molecule has 1 aliphatic rings. The Balaban J connectivity index is 2.10. The molecule has 0 aromatic carbocycles. The molecule has 1 saturated heterocycles. The lowest BCUT2D eigenvalue weighted by Gasteiger charge is -2.23. The van der Waals surface area contributed by atoms with Crippen molar-refractivity contribution in [1.29, 1.82) is 0 Å². The van der Waals surface area contributed by atoms with Gasteiger partial charge in [0.25, 0.3) is 0 Å². The van der Waals surface area contributed by atoms with Gasteiger partial charge in [-0.05, 0) is 0 Å². The minimum atomic E-state index is -1.65. The smallest absolute Gasteiger partial charge is 0.191 e. The Morgan fingerprint density at radius 2 is 2.10 bits per heavy atom. The fourth-order valence-corrected chi connectivity index (χ4v) is 2.88. The third-order valence-electron chi connectivity index (χ3n) is 3.13. The van der Waals surface area contributed by atoms with E-state index < -0.39 is 29.4 Å². The van der Waals surface area contributed by atoms with E-state index in [-0.39, 0.29) is 5.15 Å². The van der Waals surface area contributed by atoms with Crippen LogP contribution in [0.3, 0.4) is 0 Å². The topological polar surface area (TPSA) is 93.3 Å². The van der Waals surface area contributed by atoms with Crippen LogP contribution in [-0.4, -0.2) is 52.9 Å². The van der Waals surface area contributed by atoms with E-state index in [1.165, 1.54) is 17.2 Å². The first-order valence-corrected chi connectivity index (χ1v) is 6.75. The van der Waals surface area contributed by atoms with Crippen LogP contribution in [0.5, 0.6) is 0 Å². The Morgan fingerprint density at radius 1 is 1.35 bits per heavy atom. The largest absolute Gasteiger partial charge is 0.394 e. The summed E-state index contributed by atoms with van der Waals surface area (Å²) in [6.45, 7) is -0.415. The van der Waals surface area contributed by atoms with Crippen molar-refractivity contribution in [2.45, 2.75) is 22.8 Å². The van der Waals surface area contributed by atoms with Gasteiger partial charge in [-0.25, -0.2) is 15.0 Å². The zero-order valence-corrected chi connectivity index (χ0v) is 12.1. The van der Waals surface area contributed by atoms with Gasteiger partial charge in [-0.3, -0.25) is 4.57 Å². The van der Waals surface area contributed by atoms with E-state index in [1.54, 1.807) is 0 Å². The maximum atomic E-state index is 9.97. The molecule has 2 N–H and O–H groups in total. The molecule has 0 aliphatic carbocycles.